The molecule has 0 aliphatic rings. The topological polar surface area (TPSA) is 0 Å². The van der Waals surface area contributed by atoms with E-state index in [1.165, 1.54) is 21.9 Å². The van der Waals surface area contributed by atoms with Gasteiger partial charge in [-0.15, -0.1) is 0 Å². The van der Waals surface area contributed by atoms with Gasteiger partial charge in [-0.05, 0) is 33.5 Å². The van der Waals surface area contributed by atoms with E-state index in [1.54, 1.807) is 0 Å². The molecule has 0 spiro atoms. The first-order valence-corrected chi connectivity index (χ1v) is 8.08. The molecule has 4 aromatic rings. The van der Waals surface area contributed by atoms with Gasteiger partial charge in [0.1, 0.15) is 0 Å². The molecule has 0 N–H and O–H groups in total. The highest BCUT2D eigenvalue weighted by atomic mass is 14.0. The van der Waals surface area contributed by atoms with Crippen LogP contribution in [0.5, 0.6) is 0 Å². The van der Waals surface area contributed by atoms with E-state index >= 15 is 0 Å². The van der Waals surface area contributed by atoms with E-state index < -0.39 is 0 Å². The lowest BCUT2D eigenvalue weighted by molar-refractivity contribution is 1.60. The zero-order valence-corrected chi connectivity index (χ0v) is 13.6. The summed E-state index contributed by atoms with van der Waals surface area (Å²) in [6.45, 7) is 3.77. The predicted octanol–water partition coefficient (Wildman–Crippen LogP) is 6.84. The van der Waals surface area contributed by atoms with Crippen LogP contribution in [0.3, 0.4) is 0 Å². The standard InChI is InChI=1S/C14H12.C10H8/c1-2-12-7-6-10-14(11-12)13-8-4-3-5-9-13;1-2-6-10-8-4-3-7-9(10)5-1/h2-11H,1H2;1-8H. The van der Waals surface area contributed by atoms with Gasteiger partial charge in [0, 0.05) is 0 Å². The van der Waals surface area contributed by atoms with Crippen molar-refractivity contribution in [1.82, 2.24) is 0 Å². The molecule has 0 nitrogen and oxygen atoms in total. The molecule has 0 unspecified atom stereocenters. The van der Waals surface area contributed by atoms with Gasteiger partial charge in [-0.2, -0.15) is 0 Å². The fourth-order valence-corrected chi connectivity index (χ4v) is 2.61. The van der Waals surface area contributed by atoms with Crippen molar-refractivity contribution in [2.45, 2.75) is 0 Å². The Morgan fingerprint density at radius 3 is 1.54 bits per heavy atom. The molecule has 116 valence electrons. The molecule has 0 fully saturated rings. The van der Waals surface area contributed by atoms with Gasteiger partial charge >= 0.3 is 0 Å². The summed E-state index contributed by atoms with van der Waals surface area (Å²) < 4.78 is 0. The molecular formula is C24H20. The molecule has 24 heavy (non-hydrogen) atoms. The molecule has 0 heteroatoms. The van der Waals surface area contributed by atoms with Gasteiger partial charge in [-0.25, -0.2) is 0 Å². The van der Waals surface area contributed by atoms with Gasteiger partial charge in [0.15, 0.2) is 0 Å². The quantitative estimate of drug-likeness (QED) is 0.380. The number of rotatable bonds is 2. The Balaban J connectivity index is 0.000000149. The number of hydrogen-bond donors (Lipinski definition) is 0. The maximum atomic E-state index is 3.77. The maximum absolute atomic E-state index is 3.77. The second-order valence-corrected chi connectivity index (χ2v) is 5.54. The van der Waals surface area contributed by atoms with Crippen LogP contribution in [0.4, 0.5) is 0 Å². The van der Waals surface area contributed by atoms with Crippen LogP contribution in [0.25, 0.3) is 28.0 Å². The molecule has 4 aromatic carbocycles. The highest BCUT2D eigenvalue weighted by Gasteiger charge is 1.95. The summed E-state index contributed by atoms with van der Waals surface area (Å²) in [6.07, 6.45) is 1.87. The lowest BCUT2D eigenvalue weighted by atomic mass is 10.0. The Bertz CT molecular complexity index is 855. The normalized spacial score (nSPS) is 9.83. The third kappa shape index (κ3) is 3.99. The van der Waals surface area contributed by atoms with Crippen LogP contribution in [-0.4, -0.2) is 0 Å². The van der Waals surface area contributed by atoms with E-state index in [4.69, 9.17) is 0 Å². The highest BCUT2D eigenvalue weighted by molar-refractivity contribution is 5.82. The molecule has 0 amide bonds. The number of benzene rings is 4. The molecule has 0 bridgehead atoms. The van der Waals surface area contributed by atoms with Crippen LogP contribution in [-0.2, 0) is 0 Å². The van der Waals surface area contributed by atoms with Crippen LogP contribution >= 0.6 is 0 Å². The van der Waals surface area contributed by atoms with E-state index in [1.807, 2.05) is 12.1 Å². The maximum Gasteiger partial charge on any atom is -0.0178 e. The summed E-state index contributed by atoms with van der Waals surface area (Å²) in [7, 11) is 0. The third-order valence-corrected chi connectivity index (χ3v) is 3.89. The summed E-state index contributed by atoms with van der Waals surface area (Å²) in [5, 5.41) is 2.62. The number of fused-ring (bicyclic) bond motifs is 1. The van der Waals surface area contributed by atoms with Gasteiger partial charge in [0.25, 0.3) is 0 Å². The van der Waals surface area contributed by atoms with Crippen molar-refractivity contribution in [2.75, 3.05) is 0 Å². The minimum Gasteiger partial charge on any atom is -0.0985 e. The molecule has 0 saturated carbocycles. The Hall–Kier alpha value is -3.12. The predicted molar refractivity (Wildman–Crippen MR) is 106 cm³/mol. The van der Waals surface area contributed by atoms with Crippen molar-refractivity contribution in [3.63, 3.8) is 0 Å². The van der Waals surface area contributed by atoms with Gasteiger partial charge < -0.3 is 0 Å². The average molecular weight is 308 g/mol. The van der Waals surface area contributed by atoms with Crippen molar-refractivity contribution in [3.05, 3.63) is 115 Å². The monoisotopic (exact) mass is 308 g/mol. The van der Waals surface area contributed by atoms with Gasteiger partial charge in [-0.3, -0.25) is 0 Å². The smallest absolute Gasteiger partial charge is 0.0178 e. The van der Waals surface area contributed by atoms with Crippen LogP contribution in [0.2, 0.25) is 0 Å². The minimum atomic E-state index is 1.16. The Labute approximate surface area is 143 Å². The first-order valence-electron chi connectivity index (χ1n) is 8.08. The molecule has 0 heterocycles. The van der Waals surface area contributed by atoms with E-state index in [9.17, 15) is 0 Å². The number of hydrogen-bond acceptors (Lipinski definition) is 0. The molecule has 0 aliphatic heterocycles. The van der Waals surface area contributed by atoms with Crippen LogP contribution in [0, 0.1) is 0 Å². The summed E-state index contributed by atoms with van der Waals surface area (Å²) in [6, 6.07) is 35.4. The Kier molecular flexibility index (Phi) is 5.21. The van der Waals surface area contributed by atoms with Gasteiger partial charge in [-0.1, -0.05) is 110 Å². The molecular weight excluding hydrogens is 288 g/mol. The average Bonchev–Trinajstić information content (AvgIpc) is 2.69. The van der Waals surface area contributed by atoms with E-state index in [0.29, 0.717) is 0 Å². The van der Waals surface area contributed by atoms with Gasteiger partial charge in [0.05, 0.1) is 0 Å². The highest BCUT2D eigenvalue weighted by Crippen LogP contribution is 2.20. The van der Waals surface area contributed by atoms with Crippen molar-refractivity contribution in [1.29, 1.82) is 0 Å². The van der Waals surface area contributed by atoms with E-state index in [-0.39, 0.29) is 0 Å². The van der Waals surface area contributed by atoms with Crippen LogP contribution in [0.15, 0.2) is 110 Å². The molecule has 0 aliphatic carbocycles. The second kappa shape index (κ2) is 7.94. The fraction of sp³-hybridized carbons (Fsp3) is 0. The fourth-order valence-electron chi connectivity index (χ4n) is 2.61. The summed E-state index contributed by atoms with van der Waals surface area (Å²) in [5.74, 6) is 0. The van der Waals surface area contributed by atoms with E-state index in [2.05, 4.69) is 104 Å². The first-order chi connectivity index (χ1) is 11.9. The van der Waals surface area contributed by atoms with Crippen molar-refractivity contribution in [3.8, 4) is 11.1 Å². The van der Waals surface area contributed by atoms with Gasteiger partial charge in [0.2, 0.25) is 0 Å². The summed E-state index contributed by atoms with van der Waals surface area (Å²) in [4.78, 5) is 0. The van der Waals surface area contributed by atoms with Crippen molar-refractivity contribution >= 4 is 16.8 Å². The zero-order valence-electron chi connectivity index (χ0n) is 13.6. The zero-order chi connectivity index (χ0) is 16.6. The lowest BCUT2D eigenvalue weighted by Gasteiger charge is -2.01. The lowest BCUT2D eigenvalue weighted by Crippen LogP contribution is -1.77. The molecule has 0 radical (unpaired) electrons. The molecule has 0 saturated heterocycles. The largest absolute Gasteiger partial charge is 0.0985 e. The van der Waals surface area contributed by atoms with Crippen molar-refractivity contribution in [2.24, 2.45) is 0 Å². The summed E-state index contributed by atoms with van der Waals surface area (Å²) in [5.41, 5.74) is 3.64. The van der Waals surface area contributed by atoms with Crippen LogP contribution < -0.4 is 0 Å². The van der Waals surface area contributed by atoms with Crippen LogP contribution in [0.1, 0.15) is 5.56 Å². The SMILES string of the molecule is C=Cc1cccc(-c2ccccc2)c1.c1ccc2ccccc2c1. The minimum absolute atomic E-state index is 1.16. The molecule has 0 aromatic heterocycles. The molecule has 4 rings (SSSR count). The molecule has 0 atom stereocenters. The third-order valence-electron chi connectivity index (χ3n) is 3.89. The summed E-state index contributed by atoms with van der Waals surface area (Å²) >= 11 is 0. The second-order valence-electron chi connectivity index (χ2n) is 5.54. The van der Waals surface area contributed by atoms with Crippen molar-refractivity contribution < 1.29 is 0 Å². The Morgan fingerprint density at radius 1 is 0.500 bits per heavy atom. The Morgan fingerprint density at radius 2 is 1.00 bits per heavy atom. The van der Waals surface area contributed by atoms with E-state index in [0.717, 1.165) is 5.56 Å². The first kappa shape index (κ1) is 15.8.